The number of carboxylic acids is 1. The van der Waals surface area contributed by atoms with Crippen molar-refractivity contribution in [3.8, 4) is 16.2 Å². The van der Waals surface area contributed by atoms with Gasteiger partial charge in [-0.25, -0.2) is 4.79 Å². The molecule has 0 bridgehead atoms. The van der Waals surface area contributed by atoms with Gasteiger partial charge in [0.05, 0.1) is 12.7 Å². The maximum atomic E-state index is 12.4. The predicted octanol–water partition coefficient (Wildman–Crippen LogP) is 5.02. The van der Waals surface area contributed by atoms with E-state index in [2.05, 4.69) is 0 Å². The van der Waals surface area contributed by atoms with Gasteiger partial charge in [0, 0.05) is 16.0 Å². The number of carboxylic acid groups (broad SMARTS) is 1. The van der Waals surface area contributed by atoms with E-state index in [1.54, 1.807) is 24.5 Å². The summed E-state index contributed by atoms with van der Waals surface area (Å²) in [6.07, 6.45) is 3.26. The minimum Gasteiger partial charge on any atom is -0.497 e. The third-order valence-corrected chi connectivity index (χ3v) is 4.78. The average Bonchev–Trinajstić information content (AvgIpc) is 3.20. The molecule has 0 unspecified atom stereocenters. The van der Waals surface area contributed by atoms with Gasteiger partial charge in [-0.05, 0) is 47.4 Å². The van der Waals surface area contributed by atoms with E-state index in [1.807, 2.05) is 35.7 Å². The number of carbonyl (C=O) groups excluding carboxylic acids is 1. The third kappa shape index (κ3) is 3.90. The topological polar surface area (TPSA) is 63.6 Å². The Morgan fingerprint density at radius 1 is 1.04 bits per heavy atom. The molecule has 26 heavy (non-hydrogen) atoms. The van der Waals surface area contributed by atoms with E-state index in [0.717, 1.165) is 21.8 Å². The molecule has 0 aliphatic heterocycles. The molecule has 0 amide bonds. The summed E-state index contributed by atoms with van der Waals surface area (Å²) >= 11 is 1.61. The number of hydrogen-bond donors (Lipinski definition) is 1. The number of rotatable bonds is 6. The summed E-state index contributed by atoms with van der Waals surface area (Å²) in [5, 5.41) is 10.9. The molecule has 5 heteroatoms. The van der Waals surface area contributed by atoms with E-state index >= 15 is 0 Å². The van der Waals surface area contributed by atoms with Crippen LogP contribution in [-0.2, 0) is 0 Å². The Bertz CT molecular complexity index is 954. The molecule has 2 aromatic carbocycles. The zero-order valence-electron chi connectivity index (χ0n) is 14.0. The maximum Gasteiger partial charge on any atom is 0.335 e. The third-order valence-electron chi connectivity index (χ3n) is 3.88. The van der Waals surface area contributed by atoms with Gasteiger partial charge in [0.15, 0.2) is 5.78 Å². The van der Waals surface area contributed by atoms with E-state index in [9.17, 15) is 9.59 Å². The summed E-state index contributed by atoms with van der Waals surface area (Å²) in [6.45, 7) is 0. The molecule has 130 valence electrons. The Kier molecular flexibility index (Phi) is 5.29. The molecular weight excluding hydrogens is 348 g/mol. The van der Waals surface area contributed by atoms with E-state index in [4.69, 9.17) is 9.84 Å². The van der Waals surface area contributed by atoms with Gasteiger partial charge in [0.25, 0.3) is 0 Å². The number of carbonyl (C=O) groups is 2. The van der Waals surface area contributed by atoms with Crippen LogP contribution in [0.2, 0.25) is 0 Å². The lowest BCUT2D eigenvalue weighted by atomic mass is 10.0. The number of hydrogen-bond acceptors (Lipinski definition) is 4. The standard InChI is InChI=1S/C21H16O4S/c1-25-17-10-8-14(18(13-17)20-3-2-12-26-20)9-11-19(22)15-4-6-16(7-5-15)21(23)24/h2-13H,1H3,(H,23,24)/b11-9+. The van der Waals surface area contributed by atoms with Gasteiger partial charge in [-0.2, -0.15) is 0 Å². The van der Waals surface area contributed by atoms with Crippen molar-refractivity contribution in [1.82, 2.24) is 0 Å². The largest absolute Gasteiger partial charge is 0.497 e. The van der Waals surface area contributed by atoms with Crippen molar-refractivity contribution < 1.29 is 19.4 Å². The minimum absolute atomic E-state index is 0.153. The van der Waals surface area contributed by atoms with Crippen LogP contribution in [0, 0.1) is 0 Å². The van der Waals surface area contributed by atoms with Crippen LogP contribution in [0.25, 0.3) is 16.5 Å². The number of methoxy groups -OCH3 is 1. The van der Waals surface area contributed by atoms with Crippen molar-refractivity contribution in [2.24, 2.45) is 0 Å². The summed E-state index contributed by atoms with van der Waals surface area (Å²) in [4.78, 5) is 24.3. The lowest BCUT2D eigenvalue weighted by molar-refractivity contribution is 0.0696. The van der Waals surface area contributed by atoms with Crippen LogP contribution in [0.15, 0.2) is 66.1 Å². The smallest absolute Gasteiger partial charge is 0.335 e. The molecule has 0 spiro atoms. The van der Waals surface area contributed by atoms with Gasteiger partial charge in [-0.1, -0.05) is 30.3 Å². The molecule has 0 aliphatic carbocycles. The number of allylic oxidation sites excluding steroid dienone is 1. The summed E-state index contributed by atoms with van der Waals surface area (Å²) in [5.41, 5.74) is 2.49. The fraction of sp³-hybridized carbons (Fsp3) is 0.0476. The van der Waals surface area contributed by atoms with Crippen molar-refractivity contribution in [1.29, 1.82) is 0 Å². The molecular formula is C21H16O4S. The summed E-state index contributed by atoms with van der Waals surface area (Å²) < 4.78 is 5.30. The molecule has 0 saturated carbocycles. The van der Waals surface area contributed by atoms with E-state index in [-0.39, 0.29) is 11.3 Å². The number of aromatic carboxylic acids is 1. The Labute approximate surface area is 155 Å². The normalized spacial score (nSPS) is 10.8. The quantitative estimate of drug-likeness (QED) is 0.493. The van der Waals surface area contributed by atoms with Gasteiger partial charge >= 0.3 is 5.97 Å². The van der Waals surface area contributed by atoms with Crippen LogP contribution < -0.4 is 4.74 Å². The number of ether oxygens (including phenoxy) is 1. The minimum atomic E-state index is -1.02. The van der Waals surface area contributed by atoms with Gasteiger partial charge in [-0.15, -0.1) is 11.3 Å². The van der Waals surface area contributed by atoms with Gasteiger partial charge in [-0.3, -0.25) is 4.79 Å². The van der Waals surface area contributed by atoms with Crippen molar-refractivity contribution in [2.45, 2.75) is 0 Å². The van der Waals surface area contributed by atoms with Crippen LogP contribution >= 0.6 is 11.3 Å². The lowest BCUT2D eigenvalue weighted by Crippen LogP contribution is -1.99. The van der Waals surface area contributed by atoms with Gasteiger partial charge in [0.2, 0.25) is 0 Å². The summed E-state index contributed by atoms with van der Waals surface area (Å²) in [7, 11) is 1.62. The van der Waals surface area contributed by atoms with E-state index in [1.165, 1.54) is 30.3 Å². The zero-order chi connectivity index (χ0) is 18.5. The summed E-state index contributed by atoms with van der Waals surface area (Å²) in [5.74, 6) is -0.450. The summed E-state index contributed by atoms with van der Waals surface area (Å²) in [6, 6.07) is 15.6. The number of ketones is 1. The first-order valence-corrected chi connectivity index (χ1v) is 8.74. The van der Waals surface area contributed by atoms with E-state index < -0.39 is 5.97 Å². The highest BCUT2D eigenvalue weighted by molar-refractivity contribution is 7.13. The highest BCUT2D eigenvalue weighted by Gasteiger charge is 2.08. The van der Waals surface area contributed by atoms with E-state index in [0.29, 0.717) is 5.56 Å². The molecule has 3 rings (SSSR count). The SMILES string of the molecule is COc1ccc(/C=C/C(=O)c2ccc(C(=O)O)cc2)c(-c2cccs2)c1. The maximum absolute atomic E-state index is 12.4. The molecule has 0 radical (unpaired) electrons. The van der Waals surface area contributed by atoms with Crippen molar-refractivity contribution >= 4 is 29.2 Å². The van der Waals surface area contributed by atoms with Crippen molar-refractivity contribution in [3.05, 3.63) is 82.7 Å². The first kappa shape index (κ1) is 17.6. The average molecular weight is 364 g/mol. The first-order chi connectivity index (χ1) is 12.6. The molecule has 0 aliphatic rings. The lowest BCUT2D eigenvalue weighted by Gasteiger charge is -2.07. The van der Waals surface area contributed by atoms with Crippen molar-refractivity contribution in [3.63, 3.8) is 0 Å². The monoisotopic (exact) mass is 364 g/mol. The molecule has 1 heterocycles. The number of benzene rings is 2. The second-order valence-electron chi connectivity index (χ2n) is 5.51. The first-order valence-electron chi connectivity index (χ1n) is 7.86. The fourth-order valence-electron chi connectivity index (χ4n) is 2.49. The van der Waals surface area contributed by atoms with Gasteiger partial charge < -0.3 is 9.84 Å². The molecule has 0 fully saturated rings. The van der Waals surface area contributed by atoms with Crippen molar-refractivity contribution in [2.75, 3.05) is 7.11 Å². The molecule has 1 aromatic heterocycles. The van der Waals surface area contributed by atoms with Crippen LogP contribution in [0.1, 0.15) is 26.3 Å². The molecule has 0 atom stereocenters. The van der Waals surface area contributed by atoms with Crippen LogP contribution in [-0.4, -0.2) is 24.0 Å². The number of thiophene rings is 1. The Morgan fingerprint density at radius 3 is 2.38 bits per heavy atom. The highest BCUT2D eigenvalue weighted by atomic mass is 32.1. The zero-order valence-corrected chi connectivity index (χ0v) is 14.8. The molecule has 1 N–H and O–H groups in total. The second-order valence-corrected chi connectivity index (χ2v) is 6.46. The fourth-order valence-corrected chi connectivity index (χ4v) is 3.26. The van der Waals surface area contributed by atoms with Crippen LogP contribution in [0.3, 0.4) is 0 Å². The van der Waals surface area contributed by atoms with Gasteiger partial charge in [0.1, 0.15) is 5.75 Å². The molecule has 4 nitrogen and oxygen atoms in total. The predicted molar refractivity (Wildman–Crippen MR) is 103 cm³/mol. The Morgan fingerprint density at radius 2 is 1.77 bits per heavy atom. The second kappa shape index (κ2) is 7.80. The van der Waals surface area contributed by atoms with Crippen LogP contribution in [0.5, 0.6) is 5.75 Å². The molecule has 0 saturated heterocycles. The van der Waals surface area contributed by atoms with Crippen LogP contribution in [0.4, 0.5) is 0 Å². The molecule has 3 aromatic rings. The highest BCUT2D eigenvalue weighted by Crippen LogP contribution is 2.32. The Hall–Kier alpha value is -3.18. The Balaban J connectivity index is 1.88.